The molecular weight excluding hydrogens is 596 g/mol. The molecule has 5 rings (SSSR count). The molecule has 3 aromatic rings. The van der Waals surface area contributed by atoms with Crippen LogP contribution >= 0.6 is 19.3 Å². The van der Waals surface area contributed by atoms with Crippen molar-refractivity contribution in [2.24, 2.45) is 0 Å². The van der Waals surface area contributed by atoms with Gasteiger partial charge in [0, 0.05) is 6.04 Å². The number of aromatic nitrogens is 4. The fourth-order valence-corrected chi connectivity index (χ4v) is 6.25. The molecule has 0 amide bonds. The van der Waals surface area contributed by atoms with Gasteiger partial charge in [-0.2, -0.15) is 15.1 Å². The predicted octanol–water partition coefficient (Wildman–Crippen LogP) is 2.93. The first-order valence-corrected chi connectivity index (χ1v) is 15.3. The van der Waals surface area contributed by atoms with Crippen LogP contribution in [0.4, 0.5) is 16.2 Å². The number of ether oxygens (including phenoxy) is 2. The van der Waals surface area contributed by atoms with E-state index in [-0.39, 0.29) is 30.0 Å². The molecule has 1 saturated heterocycles. The van der Waals surface area contributed by atoms with E-state index in [1.54, 1.807) is 37.3 Å². The highest BCUT2D eigenvalue weighted by molar-refractivity contribution is 7.52. The monoisotopic (exact) mass is 627 g/mol. The smallest absolute Gasteiger partial charge is 0.459 e. The summed E-state index contributed by atoms with van der Waals surface area (Å²) >= 11 is 6.65. The lowest BCUT2D eigenvalue weighted by Crippen LogP contribution is -2.44. The summed E-state index contributed by atoms with van der Waals surface area (Å²) in [6.45, 7) is 1.40. The molecule has 1 unspecified atom stereocenters. The maximum absolute atomic E-state index is 14.5. The highest BCUT2D eigenvalue weighted by Crippen LogP contribution is 2.49. The number of rotatable bonds is 13. The van der Waals surface area contributed by atoms with Crippen LogP contribution in [0.2, 0.25) is 0 Å². The molecule has 3 heterocycles. The van der Waals surface area contributed by atoms with Gasteiger partial charge in [-0.3, -0.25) is 13.9 Å². The molecule has 1 aliphatic heterocycles. The van der Waals surface area contributed by atoms with Gasteiger partial charge >= 0.3 is 13.7 Å². The third-order valence-electron chi connectivity index (χ3n) is 6.74. The first-order valence-electron chi connectivity index (χ1n) is 13.4. The zero-order chi connectivity index (χ0) is 30.1. The molecule has 1 aliphatic carbocycles. The highest BCUT2D eigenvalue weighted by Gasteiger charge is 2.57. The van der Waals surface area contributed by atoms with Crippen molar-refractivity contribution in [1.29, 1.82) is 0 Å². The molecule has 2 fully saturated rings. The van der Waals surface area contributed by atoms with E-state index in [1.165, 1.54) is 17.8 Å². The number of nitrogens with zero attached hydrogens (tertiary/aromatic N) is 4. The standard InChI is InChI=1S/C25H32ClFN7O7P/c1-3-38-22(36)14(2)33-42(37,41-16-7-5-4-6-8-16)39-11-17-19(35)25(26,12-27)23(40-17)34-13-29-18-20(30-15-9-10-15)31-24(28)32-21(18)34/h4-8,13-15,17,19,23,35H,3,9-12H2,1-2H3,(H,33,37)(H3,28,30,31,32)/t14-,17-,19-,23-,25-,42?/m1/s1. The van der Waals surface area contributed by atoms with Crippen LogP contribution in [0.1, 0.15) is 32.9 Å². The quantitative estimate of drug-likeness (QED) is 0.123. The molecule has 1 saturated carbocycles. The SMILES string of the molecule is CCOC(=O)[C@@H](C)NP(=O)(OC[C@H]1O[C@@H](n2cnc3c(NC4CC4)nc(N)nc32)[C@@](Cl)(CF)[C@@H]1O)Oc1ccccc1. The molecule has 1 aromatic carbocycles. The van der Waals surface area contributed by atoms with Crippen LogP contribution in [0, 0.1) is 0 Å². The van der Waals surface area contributed by atoms with Crippen molar-refractivity contribution < 1.29 is 37.4 Å². The Morgan fingerprint density at radius 2 is 2.10 bits per heavy atom. The number of benzene rings is 1. The Kier molecular flexibility index (Phi) is 8.88. The number of para-hydroxylation sites is 1. The summed E-state index contributed by atoms with van der Waals surface area (Å²) in [5, 5.41) is 16.9. The van der Waals surface area contributed by atoms with E-state index < -0.39 is 56.3 Å². The topological polar surface area (TPSA) is 185 Å². The zero-order valence-electron chi connectivity index (χ0n) is 22.9. The number of carbonyl (C=O) groups excluding carboxylic acids is 1. The van der Waals surface area contributed by atoms with Gasteiger partial charge in [0.15, 0.2) is 23.2 Å². The molecule has 228 valence electrons. The second-order valence-corrected chi connectivity index (χ2v) is 12.4. The summed E-state index contributed by atoms with van der Waals surface area (Å²) in [6.07, 6.45) is -0.940. The number of aliphatic hydroxyl groups excluding tert-OH is 1. The predicted molar refractivity (Wildman–Crippen MR) is 151 cm³/mol. The van der Waals surface area contributed by atoms with E-state index >= 15 is 0 Å². The Hall–Kier alpha value is -3.07. The second kappa shape index (κ2) is 12.3. The zero-order valence-corrected chi connectivity index (χ0v) is 24.5. The minimum absolute atomic E-state index is 0.0490. The summed E-state index contributed by atoms with van der Waals surface area (Å²) in [7, 11) is -4.29. The lowest BCUT2D eigenvalue weighted by Gasteiger charge is -2.27. The molecular formula is C25H32ClFN7O7P. The average Bonchev–Trinajstić information content (AvgIpc) is 3.62. The molecule has 2 aliphatic rings. The van der Waals surface area contributed by atoms with Crippen molar-refractivity contribution in [3.8, 4) is 5.75 Å². The molecule has 0 bridgehead atoms. The number of imidazole rings is 1. The van der Waals surface area contributed by atoms with Gasteiger partial charge in [0.2, 0.25) is 5.95 Å². The van der Waals surface area contributed by atoms with E-state index in [9.17, 15) is 18.9 Å². The Morgan fingerprint density at radius 1 is 1.36 bits per heavy atom. The lowest BCUT2D eigenvalue weighted by atomic mass is 10.0. The highest BCUT2D eigenvalue weighted by atomic mass is 35.5. The van der Waals surface area contributed by atoms with Crippen LogP contribution in [0.3, 0.4) is 0 Å². The molecule has 17 heteroatoms. The van der Waals surface area contributed by atoms with Crippen LogP contribution in [0.5, 0.6) is 5.75 Å². The number of nitrogens with one attached hydrogen (secondary N) is 2. The van der Waals surface area contributed by atoms with Crippen LogP contribution in [-0.2, 0) is 23.4 Å². The summed E-state index contributed by atoms with van der Waals surface area (Å²) < 4.78 is 51.9. The van der Waals surface area contributed by atoms with Crippen LogP contribution in [0.25, 0.3) is 11.2 Å². The van der Waals surface area contributed by atoms with Crippen LogP contribution < -0.4 is 20.7 Å². The Bertz CT molecular complexity index is 1470. The third-order valence-corrected chi connectivity index (χ3v) is 8.90. The van der Waals surface area contributed by atoms with Crippen molar-refractivity contribution >= 4 is 48.2 Å². The minimum Gasteiger partial charge on any atom is -0.465 e. The first kappa shape index (κ1) is 30.4. The van der Waals surface area contributed by atoms with Crippen molar-refractivity contribution in [3.63, 3.8) is 0 Å². The van der Waals surface area contributed by atoms with Gasteiger partial charge in [0.25, 0.3) is 0 Å². The molecule has 5 N–H and O–H groups in total. The van der Waals surface area contributed by atoms with Crippen LogP contribution in [-0.4, -0.2) is 79.6 Å². The van der Waals surface area contributed by atoms with Crippen molar-refractivity contribution in [2.45, 2.75) is 62.1 Å². The first-order chi connectivity index (χ1) is 20.1. The van der Waals surface area contributed by atoms with Gasteiger partial charge in [0.05, 0.1) is 19.5 Å². The second-order valence-electron chi connectivity index (χ2n) is 10.0. The van der Waals surface area contributed by atoms with Crippen molar-refractivity contribution in [1.82, 2.24) is 24.6 Å². The summed E-state index contributed by atoms with van der Waals surface area (Å²) in [4.78, 5) is 23.1. The molecule has 42 heavy (non-hydrogen) atoms. The Morgan fingerprint density at radius 3 is 2.76 bits per heavy atom. The fraction of sp³-hybridized carbons (Fsp3) is 0.520. The number of alkyl halides is 2. The van der Waals surface area contributed by atoms with E-state index in [1.807, 2.05) is 0 Å². The normalized spacial score (nSPS) is 26.1. The number of hydrogen-bond donors (Lipinski definition) is 4. The van der Waals surface area contributed by atoms with E-state index in [4.69, 9.17) is 35.9 Å². The van der Waals surface area contributed by atoms with E-state index in [0.717, 1.165) is 12.8 Å². The molecule has 2 aromatic heterocycles. The maximum atomic E-state index is 14.5. The number of carbonyl (C=O) groups is 1. The molecule has 14 nitrogen and oxygen atoms in total. The largest absolute Gasteiger partial charge is 0.465 e. The Labute approximate surface area is 245 Å². The number of anilines is 2. The Balaban J connectivity index is 1.39. The third kappa shape index (κ3) is 6.31. The summed E-state index contributed by atoms with van der Waals surface area (Å²) in [5.41, 5.74) is 6.51. The number of esters is 1. The van der Waals surface area contributed by atoms with Gasteiger partial charge < -0.3 is 30.2 Å². The summed E-state index contributed by atoms with van der Waals surface area (Å²) in [5.74, 6) is -0.134. The molecule has 6 atom stereocenters. The summed E-state index contributed by atoms with van der Waals surface area (Å²) in [6, 6.07) is 7.29. The van der Waals surface area contributed by atoms with E-state index in [2.05, 4.69) is 25.4 Å². The fourth-order valence-electron chi connectivity index (χ4n) is 4.45. The number of hydrogen-bond acceptors (Lipinski definition) is 12. The molecule has 0 radical (unpaired) electrons. The van der Waals surface area contributed by atoms with Gasteiger partial charge in [-0.05, 0) is 38.8 Å². The van der Waals surface area contributed by atoms with Crippen LogP contribution in [0.15, 0.2) is 36.7 Å². The number of nitrogen functional groups attached to an aromatic ring is 1. The number of fused-ring (bicyclic) bond motifs is 1. The molecule has 0 spiro atoms. The lowest BCUT2D eigenvalue weighted by molar-refractivity contribution is -0.144. The number of halogens is 2. The maximum Gasteiger partial charge on any atom is 0.459 e. The van der Waals surface area contributed by atoms with Crippen molar-refractivity contribution in [3.05, 3.63) is 36.7 Å². The van der Waals surface area contributed by atoms with Gasteiger partial charge in [0.1, 0.15) is 35.5 Å². The van der Waals surface area contributed by atoms with Gasteiger partial charge in [-0.15, -0.1) is 11.6 Å². The van der Waals surface area contributed by atoms with Crippen molar-refractivity contribution in [2.75, 3.05) is 30.9 Å². The average molecular weight is 628 g/mol. The minimum atomic E-state index is -4.29. The van der Waals surface area contributed by atoms with E-state index in [0.29, 0.717) is 11.3 Å². The number of nitrogens with two attached hydrogens (primary N) is 1. The van der Waals surface area contributed by atoms with Gasteiger partial charge in [-0.1, -0.05) is 18.2 Å². The van der Waals surface area contributed by atoms with Gasteiger partial charge in [-0.25, -0.2) is 13.9 Å². The number of aliphatic hydroxyl groups is 1.